The summed E-state index contributed by atoms with van der Waals surface area (Å²) in [7, 11) is 0. The molecule has 0 heterocycles. The lowest BCUT2D eigenvalue weighted by Gasteiger charge is -2.32. The zero-order valence-corrected chi connectivity index (χ0v) is 9.75. The first kappa shape index (κ1) is 11.7. The molecule has 2 heteroatoms. The van der Waals surface area contributed by atoms with E-state index in [1.54, 1.807) is 0 Å². The van der Waals surface area contributed by atoms with E-state index < -0.39 is 0 Å². The fraction of sp³-hybridized carbons (Fsp3) is 0.917. The van der Waals surface area contributed by atoms with Gasteiger partial charge in [0.2, 0.25) is 0 Å². The summed E-state index contributed by atoms with van der Waals surface area (Å²) in [4.78, 5) is 14.0. The number of rotatable bonds is 5. The lowest BCUT2D eigenvalue weighted by molar-refractivity contribution is -0.124. The maximum atomic E-state index is 11.6. The predicted octanol–water partition coefficient (Wildman–Crippen LogP) is 2.62. The SMILES string of the molecule is CCC(=O)C(C)N(CC)C1CCCC1. The molecule has 0 aromatic carbocycles. The van der Waals surface area contributed by atoms with E-state index in [1.165, 1.54) is 25.7 Å². The molecule has 1 aliphatic carbocycles. The van der Waals surface area contributed by atoms with Gasteiger partial charge in [-0.1, -0.05) is 26.7 Å². The van der Waals surface area contributed by atoms with E-state index in [9.17, 15) is 4.79 Å². The topological polar surface area (TPSA) is 20.3 Å². The normalized spacial score (nSPS) is 20.3. The van der Waals surface area contributed by atoms with Gasteiger partial charge < -0.3 is 0 Å². The van der Waals surface area contributed by atoms with Crippen LogP contribution in [0, 0.1) is 0 Å². The molecule has 1 saturated carbocycles. The molecular formula is C12H23NO. The third-order valence-corrected chi connectivity index (χ3v) is 3.47. The molecule has 0 aromatic rings. The van der Waals surface area contributed by atoms with Gasteiger partial charge in [-0.25, -0.2) is 0 Å². The van der Waals surface area contributed by atoms with Crippen molar-refractivity contribution in [2.45, 2.75) is 65.0 Å². The van der Waals surface area contributed by atoms with Crippen molar-refractivity contribution in [2.75, 3.05) is 6.54 Å². The summed E-state index contributed by atoms with van der Waals surface area (Å²) in [6, 6.07) is 0.804. The molecule has 1 atom stereocenters. The highest BCUT2D eigenvalue weighted by atomic mass is 16.1. The fourth-order valence-corrected chi connectivity index (χ4v) is 2.56. The van der Waals surface area contributed by atoms with Crippen LogP contribution in [0.3, 0.4) is 0 Å². The molecule has 0 radical (unpaired) electrons. The molecule has 1 rings (SSSR count). The second-order valence-electron chi connectivity index (χ2n) is 4.26. The minimum Gasteiger partial charge on any atom is -0.298 e. The number of hydrogen-bond donors (Lipinski definition) is 0. The standard InChI is InChI=1S/C12H23NO/c1-4-12(14)10(3)13(5-2)11-8-6-7-9-11/h10-11H,4-9H2,1-3H3. The quantitative estimate of drug-likeness (QED) is 0.675. The van der Waals surface area contributed by atoms with Gasteiger partial charge in [0.05, 0.1) is 6.04 Å². The van der Waals surface area contributed by atoms with E-state index in [4.69, 9.17) is 0 Å². The number of carbonyl (C=O) groups excluding carboxylic acids is 1. The summed E-state index contributed by atoms with van der Waals surface area (Å²) in [5.41, 5.74) is 0. The molecule has 0 bridgehead atoms. The Labute approximate surface area is 87.7 Å². The third kappa shape index (κ3) is 2.57. The van der Waals surface area contributed by atoms with Crippen molar-refractivity contribution in [3.05, 3.63) is 0 Å². The Bertz CT molecular complexity index is 185. The minimum atomic E-state index is 0.132. The average molecular weight is 197 g/mol. The van der Waals surface area contributed by atoms with Crippen LogP contribution in [0.1, 0.15) is 52.9 Å². The highest BCUT2D eigenvalue weighted by molar-refractivity contribution is 5.83. The largest absolute Gasteiger partial charge is 0.298 e. The summed E-state index contributed by atoms with van der Waals surface area (Å²) in [6.07, 6.45) is 5.93. The number of carbonyl (C=O) groups is 1. The van der Waals surface area contributed by atoms with Crippen molar-refractivity contribution in [1.82, 2.24) is 4.90 Å². The van der Waals surface area contributed by atoms with Gasteiger partial charge in [-0.3, -0.25) is 9.69 Å². The second kappa shape index (κ2) is 5.50. The van der Waals surface area contributed by atoms with Crippen LogP contribution in [0.2, 0.25) is 0 Å². The number of ketones is 1. The Morgan fingerprint density at radius 3 is 2.36 bits per heavy atom. The number of likely N-dealkylation sites (N-methyl/N-ethyl adjacent to an activating group) is 1. The molecule has 0 aliphatic heterocycles. The van der Waals surface area contributed by atoms with E-state index in [-0.39, 0.29) is 6.04 Å². The van der Waals surface area contributed by atoms with Gasteiger partial charge in [0.25, 0.3) is 0 Å². The number of nitrogens with zero attached hydrogens (tertiary/aromatic N) is 1. The fourth-order valence-electron chi connectivity index (χ4n) is 2.56. The van der Waals surface area contributed by atoms with Crippen molar-refractivity contribution < 1.29 is 4.79 Å². The second-order valence-corrected chi connectivity index (χ2v) is 4.26. The highest BCUT2D eigenvalue weighted by Crippen LogP contribution is 2.25. The van der Waals surface area contributed by atoms with Crippen LogP contribution >= 0.6 is 0 Å². The van der Waals surface area contributed by atoms with E-state index in [0.717, 1.165) is 6.54 Å². The molecule has 2 nitrogen and oxygen atoms in total. The Balaban J connectivity index is 2.55. The van der Waals surface area contributed by atoms with Gasteiger partial charge in [-0.05, 0) is 26.3 Å². The summed E-state index contributed by atoms with van der Waals surface area (Å²) in [6.45, 7) is 7.20. The Morgan fingerprint density at radius 1 is 1.36 bits per heavy atom. The van der Waals surface area contributed by atoms with Gasteiger partial charge in [0, 0.05) is 12.5 Å². The summed E-state index contributed by atoms with van der Waals surface area (Å²) >= 11 is 0. The third-order valence-electron chi connectivity index (χ3n) is 3.47. The molecule has 1 fully saturated rings. The molecule has 0 N–H and O–H groups in total. The predicted molar refractivity (Wildman–Crippen MR) is 59.4 cm³/mol. The molecule has 0 aromatic heterocycles. The maximum absolute atomic E-state index is 11.6. The van der Waals surface area contributed by atoms with Gasteiger partial charge in [-0.2, -0.15) is 0 Å². The smallest absolute Gasteiger partial charge is 0.149 e. The lowest BCUT2D eigenvalue weighted by atomic mass is 10.1. The van der Waals surface area contributed by atoms with Crippen molar-refractivity contribution in [1.29, 1.82) is 0 Å². The molecule has 1 unspecified atom stereocenters. The molecular weight excluding hydrogens is 174 g/mol. The van der Waals surface area contributed by atoms with Crippen molar-refractivity contribution in [3.8, 4) is 0 Å². The molecule has 0 spiro atoms. The van der Waals surface area contributed by atoms with E-state index >= 15 is 0 Å². The number of Topliss-reactive ketones (excluding diaryl/α,β-unsaturated/α-hetero) is 1. The van der Waals surface area contributed by atoms with Crippen molar-refractivity contribution >= 4 is 5.78 Å². The average Bonchev–Trinajstić information content (AvgIpc) is 2.71. The van der Waals surface area contributed by atoms with Crippen molar-refractivity contribution in [2.24, 2.45) is 0 Å². The Kier molecular flexibility index (Phi) is 4.59. The van der Waals surface area contributed by atoms with Gasteiger partial charge in [-0.15, -0.1) is 0 Å². The highest BCUT2D eigenvalue weighted by Gasteiger charge is 2.27. The van der Waals surface area contributed by atoms with Gasteiger partial charge >= 0.3 is 0 Å². The van der Waals surface area contributed by atoms with Crippen LogP contribution in [-0.4, -0.2) is 29.3 Å². The maximum Gasteiger partial charge on any atom is 0.149 e. The first-order valence-corrected chi connectivity index (χ1v) is 5.99. The van der Waals surface area contributed by atoms with Gasteiger partial charge in [0.1, 0.15) is 5.78 Å². The van der Waals surface area contributed by atoms with Gasteiger partial charge in [0.15, 0.2) is 0 Å². The molecule has 82 valence electrons. The van der Waals surface area contributed by atoms with E-state index in [0.29, 0.717) is 18.2 Å². The summed E-state index contributed by atoms with van der Waals surface area (Å²) < 4.78 is 0. The van der Waals surface area contributed by atoms with Crippen LogP contribution < -0.4 is 0 Å². The van der Waals surface area contributed by atoms with Crippen LogP contribution in [0.4, 0.5) is 0 Å². The molecule has 14 heavy (non-hydrogen) atoms. The number of hydrogen-bond acceptors (Lipinski definition) is 2. The van der Waals surface area contributed by atoms with Crippen LogP contribution in [0.15, 0.2) is 0 Å². The Hall–Kier alpha value is -0.370. The summed E-state index contributed by atoms with van der Waals surface area (Å²) in [5.74, 6) is 0.388. The first-order chi connectivity index (χ1) is 6.70. The molecule has 0 saturated heterocycles. The zero-order valence-electron chi connectivity index (χ0n) is 9.75. The minimum absolute atomic E-state index is 0.132. The first-order valence-electron chi connectivity index (χ1n) is 5.99. The Morgan fingerprint density at radius 2 is 1.93 bits per heavy atom. The van der Waals surface area contributed by atoms with Crippen LogP contribution in [0.5, 0.6) is 0 Å². The van der Waals surface area contributed by atoms with E-state index in [2.05, 4.69) is 18.7 Å². The molecule has 0 amide bonds. The van der Waals surface area contributed by atoms with Crippen LogP contribution in [0.25, 0.3) is 0 Å². The van der Waals surface area contributed by atoms with Crippen molar-refractivity contribution in [3.63, 3.8) is 0 Å². The summed E-state index contributed by atoms with van der Waals surface area (Å²) in [5, 5.41) is 0. The van der Waals surface area contributed by atoms with E-state index in [1.807, 2.05) is 6.92 Å². The zero-order chi connectivity index (χ0) is 10.6. The van der Waals surface area contributed by atoms with Crippen LogP contribution in [-0.2, 0) is 4.79 Å². The molecule has 1 aliphatic rings. The monoisotopic (exact) mass is 197 g/mol. The lowest BCUT2D eigenvalue weighted by Crippen LogP contribution is -2.44.